The number of fused-ring (bicyclic) bond motifs is 5. The first kappa shape index (κ1) is 29.6. The summed E-state index contributed by atoms with van der Waals surface area (Å²) < 4.78 is 6.07. The Morgan fingerprint density at radius 3 is 2.54 bits per heavy atom. The van der Waals surface area contributed by atoms with E-state index in [2.05, 4.69) is 57.8 Å². The van der Waals surface area contributed by atoms with E-state index in [4.69, 9.17) is 4.74 Å². The Kier molecular flexibility index (Phi) is 9.24. The standard InChI is InChI=1S/C35H60N2O2/c1-7-26(24(2)3)9-8-25(4)30-12-13-31-29-11-10-27-22-28(39-33(38)23-37-20-18-36-19-21-37)14-16-34(27,5)32(29)15-17-35(30,31)6/h10,24-26,28-32,36H,7-9,11-23H2,1-6H3/t25-,26-,28+,29+,30-,31+,32+,34+,35-/m1/s1. The summed E-state index contributed by atoms with van der Waals surface area (Å²) in [6.07, 6.45) is 17.1. The van der Waals surface area contributed by atoms with Crippen LogP contribution in [0.3, 0.4) is 0 Å². The van der Waals surface area contributed by atoms with Gasteiger partial charge >= 0.3 is 5.97 Å². The van der Waals surface area contributed by atoms with E-state index in [-0.39, 0.29) is 12.1 Å². The van der Waals surface area contributed by atoms with Gasteiger partial charge in [0.1, 0.15) is 6.10 Å². The van der Waals surface area contributed by atoms with E-state index in [9.17, 15) is 4.79 Å². The molecular formula is C35H60N2O2. The second-order valence-electron chi connectivity index (χ2n) is 15.3. The summed E-state index contributed by atoms with van der Waals surface area (Å²) in [5.41, 5.74) is 2.49. The normalized spacial score (nSPS) is 40.3. The number of hydrogen-bond acceptors (Lipinski definition) is 4. The average molecular weight is 541 g/mol. The molecule has 1 N–H and O–H groups in total. The number of carbonyl (C=O) groups is 1. The van der Waals surface area contributed by atoms with Crippen LogP contribution >= 0.6 is 0 Å². The number of carbonyl (C=O) groups excluding carboxylic acids is 1. The third-order valence-electron chi connectivity index (χ3n) is 13.1. The smallest absolute Gasteiger partial charge is 0.320 e. The molecule has 0 bridgehead atoms. The molecular weight excluding hydrogens is 480 g/mol. The van der Waals surface area contributed by atoms with Crippen molar-refractivity contribution in [2.75, 3.05) is 32.7 Å². The number of hydrogen-bond donors (Lipinski definition) is 1. The number of nitrogens with zero attached hydrogens (tertiary/aromatic N) is 1. The zero-order valence-corrected chi connectivity index (χ0v) is 26.3. The first-order chi connectivity index (χ1) is 18.7. The molecule has 5 rings (SSSR count). The summed E-state index contributed by atoms with van der Waals surface area (Å²) in [6, 6.07) is 0. The number of piperazine rings is 1. The Labute approximate surface area is 240 Å². The molecule has 0 unspecified atom stereocenters. The fourth-order valence-corrected chi connectivity index (χ4v) is 10.7. The van der Waals surface area contributed by atoms with E-state index in [1.165, 1.54) is 57.8 Å². The molecule has 9 atom stereocenters. The van der Waals surface area contributed by atoms with Crippen LogP contribution < -0.4 is 5.32 Å². The number of esters is 1. The molecule has 0 spiro atoms. The number of allylic oxidation sites excluding steroid dienone is 1. The monoisotopic (exact) mass is 540 g/mol. The van der Waals surface area contributed by atoms with E-state index in [1.54, 1.807) is 5.57 Å². The van der Waals surface area contributed by atoms with Crippen molar-refractivity contribution in [2.24, 2.45) is 52.3 Å². The Morgan fingerprint density at radius 1 is 1.05 bits per heavy atom. The zero-order valence-electron chi connectivity index (χ0n) is 26.3. The van der Waals surface area contributed by atoms with Crippen molar-refractivity contribution >= 4 is 5.97 Å². The third-order valence-corrected chi connectivity index (χ3v) is 13.1. The lowest BCUT2D eigenvalue weighted by atomic mass is 9.47. The van der Waals surface area contributed by atoms with Crippen LogP contribution in [-0.4, -0.2) is 49.7 Å². The van der Waals surface area contributed by atoms with E-state index in [0.717, 1.165) is 80.4 Å². The SMILES string of the molecule is CC[C@H](CC[C@@H](C)[C@H]1CC[C@H]2[C@@H]3CC=C4C[C@@H](OC(=O)CN5CCNCC5)CC[C@]4(C)[C@H]3CC[C@]12C)C(C)C. The molecule has 4 heteroatoms. The predicted molar refractivity (Wildman–Crippen MR) is 161 cm³/mol. The summed E-state index contributed by atoms with van der Waals surface area (Å²) in [4.78, 5) is 15.0. The lowest BCUT2D eigenvalue weighted by Crippen LogP contribution is -2.51. The van der Waals surface area contributed by atoms with Crippen LogP contribution in [0.1, 0.15) is 112 Å². The maximum atomic E-state index is 12.7. The van der Waals surface area contributed by atoms with Gasteiger partial charge in [-0.2, -0.15) is 0 Å². The molecule has 5 aliphatic rings. The summed E-state index contributed by atoms with van der Waals surface area (Å²) in [7, 11) is 0. The van der Waals surface area contributed by atoms with Gasteiger partial charge in [0.15, 0.2) is 0 Å². The zero-order chi connectivity index (χ0) is 27.8. The molecule has 4 aliphatic carbocycles. The molecule has 0 aromatic rings. The van der Waals surface area contributed by atoms with Crippen molar-refractivity contribution in [2.45, 2.75) is 118 Å². The van der Waals surface area contributed by atoms with E-state index < -0.39 is 0 Å². The first-order valence-corrected chi connectivity index (χ1v) is 17.0. The van der Waals surface area contributed by atoms with Crippen LogP contribution in [0.25, 0.3) is 0 Å². The molecule has 3 saturated carbocycles. The van der Waals surface area contributed by atoms with Gasteiger partial charge in [-0.25, -0.2) is 0 Å². The van der Waals surface area contributed by atoms with Gasteiger partial charge in [-0.15, -0.1) is 0 Å². The van der Waals surface area contributed by atoms with Gasteiger partial charge in [-0.1, -0.05) is 66.0 Å². The molecule has 4 nitrogen and oxygen atoms in total. The summed E-state index contributed by atoms with van der Waals surface area (Å²) >= 11 is 0. The van der Waals surface area contributed by atoms with E-state index in [0.29, 0.717) is 17.4 Å². The molecule has 1 heterocycles. The molecule has 0 aromatic heterocycles. The summed E-state index contributed by atoms with van der Waals surface area (Å²) in [5.74, 6) is 6.06. The average Bonchev–Trinajstić information content (AvgIpc) is 3.27. The molecule has 222 valence electrons. The molecule has 0 amide bonds. The van der Waals surface area contributed by atoms with Crippen LogP contribution in [0.15, 0.2) is 11.6 Å². The molecule has 0 aromatic carbocycles. The van der Waals surface area contributed by atoms with Crippen molar-refractivity contribution in [3.05, 3.63) is 11.6 Å². The minimum atomic E-state index is -0.0157. The fraction of sp³-hybridized carbons (Fsp3) is 0.914. The van der Waals surface area contributed by atoms with Crippen molar-refractivity contribution in [1.82, 2.24) is 10.2 Å². The third kappa shape index (κ3) is 5.90. The van der Waals surface area contributed by atoms with Gasteiger partial charge in [0.25, 0.3) is 0 Å². The van der Waals surface area contributed by atoms with Gasteiger partial charge < -0.3 is 10.1 Å². The van der Waals surface area contributed by atoms with Crippen LogP contribution in [-0.2, 0) is 9.53 Å². The summed E-state index contributed by atoms with van der Waals surface area (Å²) in [6.45, 7) is 19.4. The van der Waals surface area contributed by atoms with Gasteiger partial charge in [0.2, 0.25) is 0 Å². The highest BCUT2D eigenvalue weighted by molar-refractivity contribution is 5.72. The van der Waals surface area contributed by atoms with Crippen molar-refractivity contribution in [3.63, 3.8) is 0 Å². The number of nitrogens with one attached hydrogen (secondary N) is 1. The second-order valence-corrected chi connectivity index (χ2v) is 15.3. The second kappa shape index (κ2) is 12.2. The molecule has 1 aliphatic heterocycles. The molecule has 1 saturated heterocycles. The highest BCUT2D eigenvalue weighted by Gasteiger charge is 2.59. The Morgan fingerprint density at radius 2 is 1.82 bits per heavy atom. The van der Waals surface area contributed by atoms with E-state index >= 15 is 0 Å². The van der Waals surface area contributed by atoms with Crippen LogP contribution in [0.4, 0.5) is 0 Å². The van der Waals surface area contributed by atoms with Crippen LogP contribution in [0.2, 0.25) is 0 Å². The maximum Gasteiger partial charge on any atom is 0.320 e. The van der Waals surface area contributed by atoms with Gasteiger partial charge in [-0.05, 0) is 104 Å². The largest absolute Gasteiger partial charge is 0.461 e. The topological polar surface area (TPSA) is 41.6 Å². The number of rotatable bonds is 9. The lowest BCUT2D eigenvalue weighted by Gasteiger charge is -2.58. The van der Waals surface area contributed by atoms with Gasteiger partial charge in [0.05, 0.1) is 6.54 Å². The summed E-state index contributed by atoms with van der Waals surface area (Å²) in [5, 5.41) is 3.37. The first-order valence-electron chi connectivity index (χ1n) is 17.0. The predicted octanol–water partition coefficient (Wildman–Crippen LogP) is 7.48. The van der Waals surface area contributed by atoms with Crippen molar-refractivity contribution < 1.29 is 9.53 Å². The maximum absolute atomic E-state index is 12.7. The Balaban J connectivity index is 1.20. The highest BCUT2D eigenvalue weighted by Crippen LogP contribution is 2.67. The van der Waals surface area contributed by atoms with Gasteiger partial charge in [-0.3, -0.25) is 9.69 Å². The Hall–Kier alpha value is -0.870. The molecule has 4 fully saturated rings. The lowest BCUT2D eigenvalue weighted by molar-refractivity contribution is -0.153. The van der Waals surface area contributed by atoms with E-state index in [1.807, 2.05) is 0 Å². The molecule has 0 radical (unpaired) electrons. The highest BCUT2D eigenvalue weighted by atomic mass is 16.5. The van der Waals surface area contributed by atoms with Gasteiger partial charge in [0, 0.05) is 32.6 Å². The van der Waals surface area contributed by atoms with Crippen LogP contribution in [0, 0.1) is 52.3 Å². The molecule has 39 heavy (non-hydrogen) atoms. The van der Waals surface area contributed by atoms with Crippen molar-refractivity contribution in [1.29, 1.82) is 0 Å². The minimum absolute atomic E-state index is 0.0157. The quantitative estimate of drug-likeness (QED) is 0.243. The van der Waals surface area contributed by atoms with Crippen molar-refractivity contribution in [3.8, 4) is 0 Å². The Bertz CT molecular complexity index is 878. The minimum Gasteiger partial charge on any atom is -0.461 e. The number of ether oxygens (including phenoxy) is 1. The fourth-order valence-electron chi connectivity index (χ4n) is 10.7. The van der Waals surface area contributed by atoms with Crippen LogP contribution in [0.5, 0.6) is 0 Å².